The fourth-order valence-electron chi connectivity index (χ4n) is 2.91. The molecule has 0 bridgehead atoms. The van der Waals surface area contributed by atoms with Gasteiger partial charge in [-0.1, -0.05) is 18.2 Å². The Labute approximate surface area is 180 Å². The minimum atomic E-state index is -3.80. The molecular formula is C19H23N3O7S2. The van der Waals surface area contributed by atoms with E-state index >= 15 is 0 Å². The summed E-state index contributed by atoms with van der Waals surface area (Å²) in [7, 11) is -7.55. The Bertz CT molecular complexity index is 1130. The minimum absolute atomic E-state index is 0.0766. The van der Waals surface area contributed by atoms with Gasteiger partial charge in [0.2, 0.25) is 26.0 Å². The van der Waals surface area contributed by atoms with Gasteiger partial charge in [-0.15, -0.1) is 0 Å². The van der Waals surface area contributed by atoms with E-state index in [-0.39, 0.29) is 47.3 Å². The van der Waals surface area contributed by atoms with Gasteiger partial charge in [0.15, 0.2) is 0 Å². The van der Waals surface area contributed by atoms with Crippen molar-refractivity contribution in [2.24, 2.45) is 0 Å². The molecule has 2 aromatic rings. The summed E-state index contributed by atoms with van der Waals surface area (Å²) in [5.74, 6) is -0.897. The lowest BCUT2D eigenvalue weighted by atomic mass is 10.3. The van der Waals surface area contributed by atoms with Gasteiger partial charge in [0.05, 0.1) is 28.7 Å². The van der Waals surface area contributed by atoms with Crippen molar-refractivity contribution in [3.8, 4) is 5.75 Å². The van der Waals surface area contributed by atoms with Gasteiger partial charge in [0, 0.05) is 26.1 Å². The van der Waals surface area contributed by atoms with Gasteiger partial charge in [-0.25, -0.2) is 21.6 Å². The predicted molar refractivity (Wildman–Crippen MR) is 113 cm³/mol. The van der Waals surface area contributed by atoms with Crippen molar-refractivity contribution in [2.45, 2.75) is 16.2 Å². The number of ether oxygens (including phenoxy) is 1. The number of nitrogens with zero attached hydrogens (tertiary/aromatic N) is 1. The van der Waals surface area contributed by atoms with E-state index in [0.717, 1.165) is 0 Å². The molecule has 3 N–H and O–H groups in total. The van der Waals surface area contributed by atoms with Crippen molar-refractivity contribution in [3.63, 3.8) is 0 Å². The van der Waals surface area contributed by atoms with Crippen LogP contribution in [0, 0.1) is 0 Å². The molecule has 0 saturated carbocycles. The molecule has 0 unspecified atom stereocenters. The van der Waals surface area contributed by atoms with Crippen molar-refractivity contribution in [3.05, 3.63) is 48.5 Å². The van der Waals surface area contributed by atoms with Crippen LogP contribution in [0.2, 0.25) is 0 Å². The molecule has 1 fully saturated rings. The van der Waals surface area contributed by atoms with Gasteiger partial charge in [-0.2, -0.15) is 4.31 Å². The third-order valence-corrected chi connectivity index (χ3v) is 7.92. The molecule has 0 aliphatic carbocycles. The fourth-order valence-corrected chi connectivity index (χ4v) is 5.39. The highest BCUT2D eigenvalue weighted by molar-refractivity contribution is 7.89. The van der Waals surface area contributed by atoms with Gasteiger partial charge in [-0.3, -0.25) is 4.79 Å². The molecule has 1 heterocycles. The number of carbonyl (C=O) groups is 1. The molecule has 12 heteroatoms. The number of phenols is 1. The highest BCUT2D eigenvalue weighted by atomic mass is 32.2. The molecule has 10 nitrogen and oxygen atoms in total. The van der Waals surface area contributed by atoms with Crippen LogP contribution in [0.1, 0.15) is 6.42 Å². The zero-order valence-corrected chi connectivity index (χ0v) is 18.2. The number of carbonyl (C=O) groups excluding carboxylic acids is 1. The SMILES string of the molecule is O=C(CCNS(=O)(=O)c1ccccc1)Nc1cc(S(=O)(=O)N2CCOCC2)ccc1O. The van der Waals surface area contributed by atoms with Crippen molar-refractivity contribution in [1.29, 1.82) is 0 Å². The van der Waals surface area contributed by atoms with Crippen molar-refractivity contribution >= 4 is 31.6 Å². The van der Waals surface area contributed by atoms with Crippen LogP contribution in [0.3, 0.4) is 0 Å². The number of sulfonamides is 2. The molecule has 0 aromatic heterocycles. The maximum Gasteiger partial charge on any atom is 0.243 e. The summed E-state index contributed by atoms with van der Waals surface area (Å²) in [5.41, 5.74) is -0.0785. The first-order valence-corrected chi connectivity index (χ1v) is 12.4. The summed E-state index contributed by atoms with van der Waals surface area (Å²) in [6.07, 6.45) is -0.216. The number of morpholine rings is 1. The Morgan fingerprint density at radius 3 is 2.35 bits per heavy atom. The maximum atomic E-state index is 12.8. The predicted octanol–water partition coefficient (Wildman–Crippen LogP) is 0.720. The van der Waals surface area contributed by atoms with Crippen LogP contribution in [0.5, 0.6) is 5.75 Å². The van der Waals surface area contributed by atoms with E-state index in [9.17, 15) is 26.7 Å². The van der Waals surface area contributed by atoms with Crippen LogP contribution in [0.4, 0.5) is 5.69 Å². The van der Waals surface area contributed by atoms with E-state index in [4.69, 9.17) is 4.74 Å². The first-order chi connectivity index (χ1) is 14.7. The number of benzene rings is 2. The van der Waals surface area contributed by atoms with Gasteiger partial charge in [-0.05, 0) is 30.3 Å². The van der Waals surface area contributed by atoms with E-state index in [1.54, 1.807) is 18.2 Å². The fraction of sp³-hybridized carbons (Fsp3) is 0.316. The third-order valence-electron chi connectivity index (χ3n) is 4.55. The Morgan fingerprint density at radius 1 is 1.00 bits per heavy atom. The molecule has 1 aliphatic heterocycles. The summed E-state index contributed by atoms with van der Waals surface area (Å²) in [5, 5.41) is 12.4. The number of anilines is 1. The zero-order valence-electron chi connectivity index (χ0n) is 16.5. The lowest BCUT2D eigenvalue weighted by Gasteiger charge is -2.26. The van der Waals surface area contributed by atoms with Gasteiger partial charge < -0.3 is 15.2 Å². The summed E-state index contributed by atoms with van der Waals surface area (Å²) in [6.45, 7) is 0.841. The van der Waals surface area contributed by atoms with E-state index in [1.807, 2.05) is 0 Å². The quantitative estimate of drug-likeness (QED) is 0.484. The second kappa shape index (κ2) is 9.75. The van der Waals surface area contributed by atoms with Crippen molar-refractivity contribution in [1.82, 2.24) is 9.03 Å². The summed E-state index contributed by atoms with van der Waals surface area (Å²) in [4.78, 5) is 12.2. The second-order valence-corrected chi connectivity index (χ2v) is 10.4. The molecule has 2 aromatic carbocycles. The van der Waals surface area contributed by atoms with Crippen LogP contribution in [0.15, 0.2) is 58.3 Å². The van der Waals surface area contributed by atoms with Crippen LogP contribution in [-0.4, -0.2) is 65.0 Å². The normalized spacial score (nSPS) is 15.5. The molecule has 0 radical (unpaired) electrons. The maximum absolute atomic E-state index is 12.8. The molecule has 1 amide bonds. The average Bonchev–Trinajstić information content (AvgIpc) is 2.76. The van der Waals surface area contributed by atoms with E-state index in [0.29, 0.717) is 13.2 Å². The molecular weight excluding hydrogens is 446 g/mol. The first kappa shape index (κ1) is 23.2. The first-order valence-electron chi connectivity index (χ1n) is 9.45. The van der Waals surface area contributed by atoms with Crippen LogP contribution in [0.25, 0.3) is 0 Å². The summed E-state index contributed by atoms with van der Waals surface area (Å²) < 4.78 is 58.6. The molecule has 0 atom stereocenters. The number of phenolic OH excluding ortho intramolecular Hbond substituents is 1. The number of nitrogens with one attached hydrogen (secondary N) is 2. The van der Waals surface area contributed by atoms with Gasteiger partial charge >= 0.3 is 0 Å². The number of hydrogen-bond donors (Lipinski definition) is 3. The number of aromatic hydroxyl groups is 1. The Balaban J connectivity index is 1.63. The number of rotatable bonds is 8. The standard InChI is InChI=1S/C19H23N3O7S2/c23-18-7-6-16(31(27,28)22-10-12-29-13-11-22)14-17(18)21-19(24)8-9-20-30(25,26)15-4-2-1-3-5-15/h1-7,14,20,23H,8-13H2,(H,21,24). The zero-order chi connectivity index (χ0) is 22.5. The van der Waals surface area contributed by atoms with Crippen LogP contribution < -0.4 is 10.0 Å². The van der Waals surface area contributed by atoms with Crippen molar-refractivity contribution < 1.29 is 31.5 Å². The number of amides is 1. The van der Waals surface area contributed by atoms with Gasteiger partial charge in [0.1, 0.15) is 5.75 Å². The molecule has 3 rings (SSSR count). The summed E-state index contributed by atoms with van der Waals surface area (Å²) >= 11 is 0. The van der Waals surface area contributed by atoms with E-state index in [2.05, 4.69) is 10.0 Å². The Hall–Kier alpha value is -2.51. The Kier molecular flexibility index (Phi) is 7.28. The smallest absolute Gasteiger partial charge is 0.243 e. The largest absolute Gasteiger partial charge is 0.506 e. The summed E-state index contributed by atoms with van der Waals surface area (Å²) in [6, 6.07) is 11.3. The third kappa shape index (κ3) is 5.80. The molecule has 31 heavy (non-hydrogen) atoms. The second-order valence-electron chi connectivity index (χ2n) is 6.70. The Morgan fingerprint density at radius 2 is 1.68 bits per heavy atom. The molecule has 1 aliphatic rings. The minimum Gasteiger partial charge on any atom is -0.506 e. The van der Waals surface area contributed by atoms with Crippen molar-refractivity contribution in [2.75, 3.05) is 38.2 Å². The van der Waals surface area contributed by atoms with Crippen LogP contribution >= 0.6 is 0 Å². The highest BCUT2D eigenvalue weighted by Gasteiger charge is 2.27. The van der Waals surface area contributed by atoms with E-state index < -0.39 is 26.0 Å². The lowest BCUT2D eigenvalue weighted by molar-refractivity contribution is -0.116. The number of hydrogen-bond acceptors (Lipinski definition) is 7. The molecule has 168 valence electrons. The average molecular weight is 470 g/mol. The van der Waals surface area contributed by atoms with Gasteiger partial charge in [0.25, 0.3) is 0 Å². The molecule has 1 saturated heterocycles. The topological polar surface area (TPSA) is 142 Å². The van der Waals surface area contributed by atoms with Crippen LogP contribution in [-0.2, 0) is 29.6 Å². The lowest BCUT2D eigenvalue weighted by Crippen LogP contribution is -2.40. The highest BCUT2D eigenvalue weighted by Crippen LogP contribution is 2.28. The monoisotopic (exact) mass is 469 g/mol. The van der Waals surface area contributed by atoms with E-state index in [1.165, 1.54) is 34.6 Å². The molecule has 0 spiro atoms.